The molecule has 0 saturated heterocycles. The first-order valence-corrected chi connectivity index (χ1v) is 6.93. The van der Waals surface area contributed by atoms with Gasteiger partial charge < -0.3 is 15.2 Å². The van der Waals surface area contributed by atoms with Crippen LogP contribution in [0.3, 0.4) is 0 Å². The lowest BCUT2D eigenvalue weighted by Crippen LogP contribution is -2.20. The van der Waals surface area contributed by atoms with E-state index in [-0.39, 0.29) is 12.6 Å². The van der Waals surface area contributed by atoms with Gasteiger partial charge in [-0.2, -0.15) is 8.78 Å². The van der Waals surface area contributed by atoms with Crippen LogP contribution < -0.4 is 10.1 Å². The van der Waals surface area contributed by atoms with Gasteiger partial charge in [-0.3, -0.25) is 0 Å². The van der Waals surface area contributed by atoms with E-state index < -0.39 is 5.76 Å². The summed E-state index contributed by atoms with van der Waals surface area (Å²) in [4.78, 5) is 0.434. The maximum absolute atomic E-state index is 12.4. The fraction of sp³-hybridized carbons (Fsp3) is 0.538. The smallest absolute Gasteiger partial charge is 0.289 e. The second-order valence-corrected chi connectivity index (χ2v) is 5.07. The number of ether oxygens (including phenoxy) is 1. The lowest BCUT2D eigenvalue weighted by Gasteiger charge is -2.16. The highest BCUT2D eigenvalue weighted by Gasteiger charge is 2.13. The SMILES string of the molecule is COc1cc(C(C)NCCCO)ccc1SC(F)F. The number of methoxy groups -OCH3 is 1. The van der Waals surface area contributed by atoms with Gasteiger partial charge in [0.2, 0.25) is 0 Å². The van der Waals surface area contributed by atoms with Crippen LogP contribution in [0.2, 0.25) is 0 Å². The van der Waals surface area contributed by atoms with E-state index in [1.165, 1.54) is 7.11 Å². The molecule has 1 aromatic rings. The average Bonchev–Trinajstić information content (AvgIpc) is 2.38. The van der Waals surface area contributed by atoms with Crippen LogP contribution >= 0.6 is 11.8 Å². The minimum absolute atomic E-state index is 0.0750. The molecule has 19 heavy (non-hydrogen) atoms. The van der Waals surface area contributed by atoms with Gasteiger partial charge in [-0.25, -0.2) is 0 Å². The monoisotopic (exact) mass is 291 g/mol. The molecular formula is C13H19F2NO2S. The zero-order chi connectivity index (χ0) is 14.3. The largest absolute Gasteiger partial charge is 0.496 e. The van der Waals surface area contributed by atoms with Gasteiger partial charge >= 0.3 is 0 Å². The van der Waals surface area contributed by atoms with Gasteiger partial charge in [0.25, 0.3) is 5.76 Å². The van der Waals surface area contributed by atoms with Crippen molar-refractivity contribution in [3.63, 3.8) is 0 Å². The summed E-state index contributed by atoms with van der Waals surface area (Å²) in [6.45, 7) is 2.83. The minimum Gasteiger partial charge on any atom is -0.496 e. The number of halogens is 2. The van der Waals surface area contributed by atoms with Gasteiger partial charge in [-0.1, -0.05) is 17.8 Å². The van der Waals surface area contributed by atoms with E-state index in [0.29, 0.717) is 35.4 Å². The summed E-state index contributed by atoms with van der Waals surface area (Å²) in [5.41, 5.74) is 0.966. The van der Waals surface area contributed by atoms with Crippen LogP contribution in [0.15, 0.2) is 23.1 Å². The molecule has 0 spiro atoms. The van der Waals surface area contributed by atoms with Gasteiger partial charge in [0, 0.05) is 12.6 Å². The Morgan fingerprint density at radius 3 is 2.74 bits per heavy atom. The molecule has 1 aromatic carbocycles. The molecule has 0 aliphatic rings. The van der Waals surface area contributed by atoms with E-state index >= 15 is 0 Å². The molecule has 0 amide bonds. The zero-order valence-electron chi connectivity index (χ0n) is 11.0. The highest BCUT2D eigenvalue weighted by atomic mass is 32.2. The second-order valence-electron chi connectivity index (χ2n) is 4.04. The zero-order valence-corrected chi connectivity index (χ0v) is 11.8. The van der Waals surface area contributed by atoms with Gasteiger partial charge in [0.15, 0.2) is 0 Å². The fourth-order valence-electron chi connectivity index (χ4n) is 1.66. The molecule has 0 aliphatic heterocycles. The van der Waals surface area contributed by atoms with Crippen molar-refractivity contribution in [2.24, 2.45) is 0 Å². The molecule has 108 valence electrons. The lowest BCUT2D eigenvalue weighted by molar-refractivity contribution is 0.251. The Hall–Kier alpha value is -0.850. The van der Waals surface area contributed by atoms with Gasteiger partial charge in [-0.05, 0) is 37.6 Å². The molecule has 6 heteroatoms. The van der Waals surface area contributed by atoms with Gasteiger partial charge in [0.05, 0.1) is 12.0 Å². The highest BCUT2D eigenvalue weighted by molar-refractivity contribution is 7.99. The summed E-state index contributed by atoms with van der Waals surface area (Å²) >= 11 is 0.480. The number of alkyl halides is 2. The fourth-order valence-corrected chi connectivity index (χ4v) is 2.26. The Labute approximate surface area is 116 Å². The van der Waals surface area contributed by atoms with E-state index in [1.807, 2.05) is 13.0 Å². The normalized spacial score (nSPS) is 12.7. The van der Waals surface area contributed by atoms with E-state index in [4.69, 9.17) is 9.84 Å². The third-order valence-electron chi connectivity index (χ3n) is 2.69. The Balaban J connectivity index is 2.75. The van der Waals surface area contributed by atoms with Crippen molar-refractivity contribution in [1.82, 2.24) is 5.32 Å². The summed E-state index contributed by atoms with van der Waals surface area (Å²) < 4.78 is 29.9. The van der Waals surface area contributed by atoms with E-state index in [0.717, 1.165) is 5.56 Å². The van der Waals surface area contributed by atoms with Crippen LogP contribution in [0.4, 0.5) is 8.78 Å². The van der Waals surface area contributed by atoms with Crippen molar-refractivity contribution in [2.45, 2.75) is 30.0 Å². The summed E-state index contributed by atoms with van der Waals surface area (Å²) in [6.07, 6.45) is 0.681. The number of thioether (sulfide) groups is 1. The first kappa shape index (κ1) is 16.2. The molecule has 0 aromatic heterocycles. The third kappa shape index (κ3) is 5.34. The van der Waals surface area contributed by atoms with Crippen LogP contribution in [0, 0.1) is 0 Å². The van der Waals surface area contributed by atoms with Crippen molar-refractivity contribution in [1.29, 1.82) is 0 Å². The number of hydrogen-bond acceptors (Lipinski definition) is 4. The van der Waals surface area contributed by atoms with Crippen molar-refractivity contribution < 1.29 is 18.6 Å². The van der Waals surface area contributed by atoms with Crippen LogP contribution in [-0.4, -0.2) is 31.1 Å². The molecule has 0 aliphatic carbocycles. The Morgan fingerprint density at radius 1 is 1.42 bits per heavy atom. The standard InChI is InChI=1S/C13H19F2NO2S/c1-9(16-6-3-7-17)10-4-5-12(19-13(14)15)11(8-10)18-2/h4-5,8-9,13,16-17H,3,6-7H2,1-2H3. The van der Waals surface area contributed by atoms with Crippen molar-refractivity contribution in [3.8, 4) is 5.75 Å². The molecule has 0 saturated carbocycles. The number of aliphatic hydroxyl groups excluding tert-OH is 1. The molecule has 1 atom stereocenters. The Morgan fingerprint density at radius 2 is 2.16 bits per heavy atom. The lowest BCUT2D eigenvalue weighted by atomic mass is 10.1. The molecule has 1 unspecified atom stereocenters. The van der Waals surface area contributed by atoms with Gasteiger partial charge in [-0.15, -0.1) is 0 Å². The summed E-state index contributed by atoms with van der Waals surface area (Å²) in [7, 11) is 1.47. The second kappa shape index (κ2) is 8.35. The highest BCUT2D eigenvalue weighted by Crippen LogP contribution is 2.35. The summed E-state index contributed by atoms with van der Waals surface area (Å²) in [6, 6.07) is 5.30. The average molecular weight is 291 g/mol. The van der Waals surface area contributed by atoms with Crippen LogP contribution in [0.1, 0.15) is 24.9 Å². The predicted molar refractivity (Wildman–Crippen MR) is 73.0 cm³/mol. The number of benzene rings is 1. The summed E-state index contributed by atoms with van der Waals surface area (Å²) in [5.74, 6) is -2.00. The number of rotatable bonds is 8. The Bertz CT molecular complexity index is 391. The van der Waals surface area contributed by atoms with Gasteiger partial charge in [0.1, 0.15) is 5.75 Å². The quantitative estimate of drug-likeness (QED) is 0.570. The molecule has 3 nitrogen and oxygen atoms in total. The molecule has 0 bridgehead atoms. The maximum Gasteiger partial charge on any atom is 0.289 e. The van der Waals surface area contributed by atoms with Crippen molar-refractivity contribution >= 4 is 11.8 Å². The topological polar surface area (TPSA) is 41.5 Å². The van der Waals surface area contributed by atoms with E-state index in [1.54, 1.807) is 12.1 Å². The third-order valence-corrected chi connectivity index (χ3v) is 3.46. The summed E-state index contributed by atoms with van der Waals surface area (Å²) in [5, 5.41) is 12.0. The first-order valence-electron chi connectivity index (χ1n) is 6.05. The maximum atomic E-state index is 12.4. The molecule has 1 rings (SSSR count). The predicted octanol–water partition coefficient (Wildman–Crippen LogP) is 3.04. The van der Waals surface area contributed by atoms with Crippen LogP contribution in [0.25, 0.3) is 0 Å². The van der Waals surface area contributed by atoms with Crippen LogP contribution in [-0.2, 0) is 0 Å². The van der Waals surface area contributed by atoms with Crippen molar-refractivity contribution in [2.75, 3.05) is 20.3 Å². The van der Waals surface area contributed by atoms with E-state index in [2.05, 4.69) is 5.32 Å². The molecule has 0 radical (unpaired) electrons. The molecule has 0 heterocycles. The van der Waals surface area contributed by atoms with E-state index in [9.17, 15) is 8.78 Å². The Kier molecular flexibility index (Phi) is 7.12. The molecular weight excluding hydrogens is 272 g/mol. The molecule has 2 N–H and O–H groups in total. The minimum atomic E-state index is -2.46. The molecule has 0 fully saturated rings. The number of nitrogens with one attached hydrogen (secondary N) is 1. The first-order chi connectivity index (χ1) is 9.08. The number of hydrogen-bond donors (Lipinski definition) is 2. The van der Waals surface area contributed by atoms with Crippen LogP contribution in [0.5, 0.6) is 5.75 Å². The number of aliphatic hydroxyl groups is 1. The van der Waals surface area contributed by atoms with Crippen molar-refractivity contribution in [3.05, 3.63) is 23.8 Å².